The smallest absolute Gasteiger partial charge is 0.410 e. The van der Waals surface area contributed by atoms with E-state index in [1.165, 1.54) is 0 Å². The fourth-order valence-electron chi connectivity index (χ4n) is 3.42. The SMILES string of the molecule is CCOC(=O)N1CCc2c(cncc2C(=O)Nc2c[nH]c3ccccc23)C1. The second-order valence-electron chi connectivity index (χ2n) is 6.40. The number of carbonyl (C=O) groups excluding carboxylic acids is 2. The van der Waals surface area contributed by atoms with Crippen LogP contribution in [-0.2, 0) is 17.7 Å². The molecular formula is C20H20N4O3. The van der Waals surface area contributed by atoms with Gasteiger partial charge in [0.15, 0.2) is 0 Å². The monoisotopic (exact) mass is 364 g/mol. The number of hydrogen-bond donors (Lipinski definition) is 2. The van der Waals surface area contributed by atoms with Gasteiger partial charge < -0.3 is 19.9 Å². The van der Waals surface area contributed by atoms with Crippen LogP contribution in [0.1, 0.15) is 28.4 Å². The van der Waals surface area contributed by atoms with Crippen LogP contribution in [0.4, 0.5) is 10.5 Å². The van der Waals surface area contributed by atoms with Crippen LogP contribution in [-0.4, -0.2) is 40.0 Å². The van der Waals surface area contributed by atoms with Crippen molar-refractivity contribution in [3.8, 4) is 0 Å². The summed E-state index contributed by atoms with van der Waals surface area (Å²) >= 11 is 0. The molecule has 0 fully saturated rings. The summed E-state index contributed by atoms with van der Waals surface area (Å²) in [6, 6.07) is 7.79. The Kier molecular flexibility index (Phi) is 4.50. The molecular weight excluding hydrogens is 344 g/mol. The lowest BCUT2D eigenvalue weighted by molar-refractivity contribution is 0.101. The summed E-state index contributed by atoms with van der Waals surface area (Å²) in [5, 5.41) is 3.93. The Bertz CT molecular complexity index is 1010. The van der Waals surface area contributed by atoms with Crippen molar-refractivity contribution in [2.45, 2.75) is 19.9 Å². The molecule has 0 saturated heterocycles. The fraction of sp³-hybridized carbons (Fsp3) is 0.250. The van der Waals surface area contributed by atoms with E-state index in [9.17, 15) is 9.59 Å². The van der Waals surface area contributed by atoms with E-state index in [0.717, 1.165) is 27.7 Å². The standard InChI is InChI=1S/C20H20N4O3/c1-2-27-20(26)24-8-7-14-13(12-24)9-21-10-16(14)19(25)23-18-11-22-17-6-4-3-5-15(17)18/h3-6,9-11,22H,2,7-8,12H2,1H3,(H,23,25). The Morgan fingerprint density at radius 3 is 3.00 bits per heavy atom. The molecule has 2 aromatic heterocycles. The van der Waals surface area contributed by atoms with Gasteiger partial charge in [-0.2, -0.15) is 0 Å². The van der Waals surface area contributed by atoms with Crippen molar-refractivity contribution in [3.63, 3.8) is 0 Å². The first-order chi connectivity index (χ1) is 13.2. The Hall–Kier alpha value is -3.35. The molecule has 1 aromatic carbocycles. The van der Waals surface area contributed by atoms with Gasteiger partial charge in [0, 0.05) is 36.0 Å². The average Bonchev–Trinajstić information content (AvgIpc) is 3.10. The first-order valence-corrected chi connectivity index (χ1v) is 8.92. The number of aromatic nitrogens is 2. The third kappa shape index (κ3) is 3.23. The summed E-state index contributed by atoms with van der Waals surface area (Å²) in [4.78, 5) is 33.8. The van der Waals surface area contributed by atoms with E-state index in [1.807, 2.05) is 24.3 Å². The zero-order valence-electron chi connectivity index (χ0n) is 15.0. The molecule has 138 valence electrons. The van der Waals surface area contributed by atoms with E-state index in [1.54, 1.807) is 30.4 Å². The third-order valence-electron chi connectivity index (χ3n) is 4.75. The van der Waals surface area contributed by atoms with Gasteiger partial charge >= 0.3 is 6.09 Å². The van der Waals surface area contributed by atoms with E-state index < -0.39 is 0 Å². The highest BCUT2D eigenvalue weighted by Crippen LogP contribution is 2.26. The summed E-state index contributed by atoms with van der Waals surface area (Å²) < 4.78 is 5.07. The van der Waals surface area contributed by atoms with E-state index in [0.29, 0.717) is 31.7 Å². The molecule has 0 aliphatic carbocycles. The minimum atomic E-state index is -0.336. The number of pyridine rings is 1. The molecule has 0 saturated carbocycles. The van der Waals surface area contributed by atoms with Gasteiger partial charge in [-0.25, -0.2) is 4.79 Å². The van der Waals surface area contributed by atoms with Gasteiger partial charge in [0.25, 0.3) is 5.91 Å². The highest BCUT2D eigenvalue weighted by molar-refractivity contribution is 6.09. The molecule has 2 amide bonds. The highest BCUT2D eigenvalue weighted by atomic mass is 16.6. The lowest BCUT2D eigenvalue weighted by Crippen LogP contribution is -2.37. The van der Waals surface area contributed by atoms with Gasteiger partial charge in [-0.15, -0.1) is 0 Å². The molecule has 27 heavy (non-hydrogen) atoms. The Labute approximate surface area is 156 Å². The Balaban J connectivity index is 1.57. The van der Waals surface area contributed by atoms with E-state index >= 15 is 0 Å². The number of benzene rings is 1. The second kappa shape index (κ2) is 7.11. The van der Waals surface area contributed by atoms with Gasteiger partial charge in [0.2, 0.25) is 0 Å². The molecule has 0 atom stereocenters. The molecule has 4 rings (SSSR count). The number of fused-ring (bicyclic) bond motifs is 2. The third-order valence-corrected chi connectivity index (χ3v) is 4.75. The van der Waals surface area contributed by atoms with Gasteiger partial charge in [0.05, 0.1) is 24.4 Å². The van der Waals surface area contributed by atoms with Crippen molar-refractivity contribution in [1.29, 1.82) is 0 Å². The predicted molar refractivity (Wildman–Crippen MR) is 102 cm³/mol. The van der Waals surface area contributed by atoms with Gasteiger partial charge in [-0.3, -0.25) is 9.78 Å². The molecule has 1 aliphatic heterocycles. The molecule has 0 bridgehead atoms. The predicted octanol–water partition coefficient (Wildman–Crippen LogP) is 3.33. The van der Waals surface area contributed by atoms with Crippen LogP contribution in [0.25, 0.3) is 10.9 Å². The van der Waals surface area contributed by atoms with E-state index in [4.69, 9.17) is 4.74 Å². The number of nitrogens with one attached hydrogen (secondary N) is 2. The van der Waals surface area contributed by atoms with Crippen LogP contribution in [0.15, 0.2) is 42.9 Å². The molecule has 7 heteroatoms. The maximum atomic E-state index is 12.9. The van der Waals surface area contributed by atoms with Gasteiger partial charge in [0.1, 0.15) is 0 Å². The van der Waals surface area contributed by atoms with Crippen LogP contribution in [0.5, 0.6) is 0 Å². The van der Waals surface area contributed by atoms with Crippen LogP contribution >= 0.6 is 0 Å². The Morgan fingerprint density at radius 2 is 2.15 bits per heavy atom. The number of aromatic amines is 1. The summed E-state index contributed by atoms with van der Waals surface area (Å²) in [5.74, 6) is -0.200. The van der Waals surface area contributed by atoms with Gasteiger partial charge in [-0.1, -0.05) is 18.2 Å². The van der Waals surface area contributed by atoms with Crippen LogP contribution in [0.3, 0.4) is 0 Å². The van der Waals surface area contributed by atoms with E-state index in [-0.39, 0.29) is 12.0 Å². The molecule has 0 radical (unpaired) electrons. The number of anilines is 1. The molecule has 0 spiro atoms. The number of carbonyl (C=O) groups is 2. The van der Waals surface area contributed by atoms with Crippen molar-refractivity contribution in [2.75, 3.05) is 18.5 Å². The number of para-hydroxylation sites is 1. The number of ether oxygens (including phenoxy) is 1. The zero-order chi connectivity index (χ0) is 18.8. The lowest BCUT2D eigenvalue weighted by Gasteiger charge is -2.28. The second-order valence-corrected chi connectivity index (χ2v) is 6.40. The maximum absolute atomic E-state index is 12.9. The van der Waals surface area contributed by atoms with Crippen molar-refractivity contribution in [1.82, 2.24) is 14.9 Å². The summed E-state index contributed by atoms with van der Waals surface area (Å²) in [6.45, 7) is 3.04. The summed E-state index contributed by atoms with van der Waals surface area (Å²) in [6.07, 6.45) is 5.34. The van der Waals surface area contributed by atoms with Crippen LogP contribution in [0, 0.1) is 0 Å². The van der Waals surface area contributed by atoms with Crippen molar-refractivity contribution < 1.29 is 14.3 Å². The largest absolute Gasteiger partial charge is 0.450 e. The van der Waals surface area contributed by atoms with Crippen LogP contribution < -0.4 is 5.32 Å². The quantitative estimate of drug-likeness (QED) is 0.746. The summed E-state index contributed by atoms with van der Waals surface area (Å²) in [7, 11) is 0. The zero-order valence-corrected chi connectivity index (χ0v) is 15.0. The molecule has 3 aromatic rings. The molecule has 7 nitrogen and oxygen atoms in total. The normalized spacial score (nSPS) is 13.3. The highest BCUT2D eigenvalue weighted by Gasteiger charge is 2.25. The fourth-order valence-corrected chi connectivity index (χ4v) is 3.42. The first kappa shape index (κ1) is 17.1. The number of hydrogen-bond acceptors (Lipinski definition) is 4. The summed E-state index contributed by atoms with van der Waals surface area (Å²) in [5.41, 5.74) is 4.05. The Morgan fingerprint density at radius 1 is 1.30 bits per heavy atom. The minimum Gasteiger partial charge on any atom is -0.450 e. The maximum Gasteiger partial charge on any atom is 0.410 e. The van der Waals surface area contributed by atoms with Crippen LogP contribution in [0.2, 0.25) is 0 Å². The van der Waals surface area contributed by atoms with E-state index in [2.05, 4.69) is 15.3 Å². The van der Waals surface area contributed by atoms with Gasteiger partial charge in [-0.05, 0) is 30.5 Å². The minimum absolute atomic E-state index is 0.200. The number of rotatable bonds is 3. The number of H-pyrrole nitrogens is 1. The number of amides is 2. The first-order valence-electron chi connectivity index (χ1n) is 8.92. The topological polar surface area (TPSA) is 87.3 Å². The number of nitrogens with zero attached hydrogens (tertiary/aromatic N) is 2. The molecule has 2 N–H and O–H groups in total. The molecule has 1 aliphatic rings. The molecule has 3 heterocycles. The average molecular weight is 364 g/mol. The lowest BCUT2D eigenvalue weighted by atomic mass is 9.97. The van der Waals surface area contributed by atoms with Crippen molar-refractivity contribution in [3.05, 3.63) is 59.5 Å². The van der Waals surface area contributed by atoms with Crippen molar-refractivity contribution >= 4 is 28.6 Å². The molecule has 0 unspecified atom stereocenters. The van der Waals surface area contributed by atoms with Crippen molar-refractivity contribution in [2.24, 2.45) is 0 Å².